The lowest BCUT2D eigenvalue weighted by atomic mass is 10.2. The number of carbonyl (C=O) groups excluding carboxylic acids is 1. The van der Waals surface area contributed by atoms with Gasteiger partial charge >= 0.3 is 0 Å². The van der Waals surface area contributed by atoms with Crippen LogP contribution in [-0.2, 0) is 4.79 Å². The van der Waals surface area contributed by atoms with E-state index in [1.807, 2.05) is 30.6 Å². The number of nitrogens with zero attached hydrogens (tertiary/aromatic N) is 2. The van der Waals surface area contributed by atoms with Gasteiger partial charge in [-0.15, -0.1) is 6.58 Å². The normalized spacial score (nSPS) is 16.0. The fraction of sp³-hybridized carbons (Fsp3) is 0.158. The van der Waals surface area contributed by atoms with Crippen molar-refractivity contribution in [3.8, 4) is 5.69 Å². The third kappa shape index (κ3) is 3.37. The van der Waals surface area contributed by atoms with Gasteiger partial charge in [0.15, 0.2) is 0 Å². The highest BCUT2D eigenvalue weighted by Crippen LogP contribution is 2.34. The zero-order chi connectivity index (χ0) is 19.0. The largest absolute Gasteiger partial charge is 0.318 e. The molecule has 1 aliphatic heterocycles. The standard InChI is InChI=1S/C19H16ClFN2OS2/c1-4-7-22-18(24)17(26-19(22)25)9-13-8-11(2)23(12(13)3)14-5-6-16(21)15(20)10-14/h4-6,8-10H,1,7H2,2-3H3/b17-9-. The topological polar surface area (TPSA) is 25.2 Å². The summed E-state index contributed by atoms with van der Waals surface area (Å²) in [5, 5.41) is 0.0712. The predicted octanol–water partition coefficient (Wildman–Crippen LogP) is 5.27. The summed E-state index contributed by atoms with van der Waals surface area (Å²) in [6, 6.07) is 6.59. The van der Waals surface area contributed by atoms with Crippen molar-refractivity contribution in [2.45, 2.75) is 13.8 Å². The first-order valence-electron chi connectivity index (χ1n) is 7.84. The van der Waals surface area contributed by atoms with Gasteiger partial charge in [-0.3, -0.25) is 9.69 Å². The molecule has 3 rings (SSSR count). The number of halogens is 2. The van der Waals surface area contributed by atoms with E-state index in [-0.39, 0.29) is 10.9 Å². The molecule has 1 aliphatic rings. The second-order valence-corrected chi connectivity index (χ2v) is 7.92. The molecule has 0 radical (unpaired) electrons. The van der Waals surface area contributed by atoms with Crippen LogP contribution in [0.3, 0.4) is 0 Å². The summed E-state index contributed by atoms with van der Waals surface area (Å²) < 4.78 is 16.0. The van der Waals surface area contributed by atoms with Gasteiger partial charge in [0.25, 0.3) is 5.91 Å². The van der Waals surface area contributed by atoms with Gasteiger partial charge in [0.05, 0.1) is 9.93 Å². The van der Waals surface area contributed by atoms with Gasteiger partial charge in [-0.1, -0.05) is 41.7 Å². The molecule has 1 saturated heterocycles. The van der Waals surface area contributed by atoms with Crippen molar-refractivity contribution in [1.82, 2.24) is 9.47 Å². The second-order valence-electron chi connectivity index (χ2n) is 5.84. The van der Waals surface area contributed by atoms with Crippen LogP contribution in [0.2, 0.25) is 5.02 Å². The van der Waals surface area contributed by atoms with Crippen LogP contribution in [0.5, 0.6) is 0 Å². The molecule has 0 N–H and O–H groups in total. The van der Waals surface area contributed by atoms with E-state index in [0.29, 0.717) is 15.8 Å². The minimum atomic E-state index is -0.455. The Morgan fingerprint density at radius 1 is 1.35 bits per heavy atom. The van der Waals surface area contributed by atoms with E-state index in [0.717, 1.165) is 22.6 Å². The molecule has 1 aromatic heterocycles. The number of hydrogen-bond donors (Lipinski definition) is 0. The Kier molecular flexibility index (Phi) is 5.37. The molecule has 2 heterocycles. The fourth-order valence-electron chi connectivity index (χ4n) is 2.88. The van der Waals surface area contributed by atoms with Gasteiger partial charge in [0.2, 0.25) is 0 Å². The molecular formula is C19H16ClFN2OS2. The van der Waals surface area contributed by atoms with E-state index in [2.05, 4.69) is 6.58 Å². The highest BCUT2D eigenvalue weighted by molar-refractivity contribution is 8.26. The van der Waals surface area contributed by atoms with Crippen molar-refractivity contribution in [3.05, 3.63) is 69.6 Å². The summed E-state index contributed by atoms with van der Waals surface area (Å²) in [5.41, 5.74) is 3.56. The molecule has 2 aromatic rings. The van der Waals surface area contributed by atoms with E-state index in [1.165, 1.54) is 22.7 Å². The molecule has 0 aliphatic carbocycles. The Morgan fingerprint density at radius 2 is 2.08 bits per heavy atom. The zero-order valence-corrected chi connectivity index (χ0v) is 16.6. The van der Waals surface area contributed by atoms with E-state index < -0.39 is 5.82 Å². The molecule has 0 saturated carbocycles. The molecule has 0 unspecified atom stereocenters. The van der Waals surface area contributed by atoms with Gasteiger partial charge in [0.1, 0.15) is 10.1 Å². The molecule has 0 atom stereocenters. The van der Waals surface area contributed by atoms with Gasteiger partial charge in [-0.25, -0.2) is 4.39 Å². The average Bonchev–Trinajstić information content (AvgIpc) is 3.01. The maximum Gasteiger partial charge on any atom is 0.266 e. The van der Waals surface area contributed by atoms with Gasteiger partial charge in [-0.05, 0) is 49.8 Å². The molecule has 7 heteroatoms. The predicted molar refractivity (Wildman–Crippen MR) is 110 cm³/mol. The number of thioether (sulfide) groups is 1. The van der Waals surface area contributed by atoms with Crippen LogP contribution in [0.1, 0.15) is 17.0 Å². The number of hydrogen-bond acceptors (Lipinski definition) is 3. The minimum absolute atomic E-state index is 0.0712. The van der Waals surface area contributed by atoms with Crippen molar-refractivity contribution in [2.24, 2.45) is 0 Å². The summed E-state index contributed by atoms with van der Waals surface area (Å²) in [6.45, 7) is 7.95. The number of aromatic nitrogens is 1. The second kappa shape index (κ2) is 7.39. The number of carbonyl (C=O) groups is 1. The molecule has 0 bridgehead atoms. The van der Waals surface area contributed by atoms with Crippen LogP contribution in [0.25, 0.3) is 11.8 Å². The van der Waals surface area contributed by atoms with Crippen LogP contribution in [0.4, 0.5) is 4.39 Å². The zero-order valence-electron chi connectivity index (χ0n) is 14.3. The smallest absolute Gasteiger partial charge is 0.266 e. The van der Waals surface area contributed by atoms with Crippen molar-refractivity contribution in [1.29, 1.82) is 0 Å². The van der Waals surface area contributed by atoms with Crippen molar-refractivity contribution in [3.63, 3.8) is 0 Å². The monoisotopic (exact) mass is 406 g/mol. The highest BCUT2D eigenvalue weighted by atomic mass is 35.5. The van der Waals surface area contributed by atoms with Gasteiger partial charge in [-0.2, -0.15) is 0 Å². The first-order chi connectivity index (χ1) is 12.3. The van der Waals surface area contributed by atoms with Crippen molar-refractivity contribution in [2.75, 3.05) is 6.54 Å². The lowest BCUT2D eigenvalue weighted by Crippen LogP contribution is -2.27. The van der Waals surface area contributed by atoms with Gasteiger partial charge < -0.3 is 4.57 Å². The number of rotatable bonds is 4. The van der Waals surface area contributed by atoms with E-state index in [1.54, 1.807) is 18.2 Å². The third-order valence-electron chi connectivity index (χ3n) is 4.10. The quantitative estimate of drug-likeness (QED) is 0.392. The van der Waals surface area contributed by atoms with Crippen LogP contribution < -0.4 is 0 Å². The fourth-order valence-corrected chi connectivity index (χ4v) is 4.32. The molecule has 26 heavy (non-hydrogen) atoms. The Bertz CT molecular complexity index is 965. The Hall–Kier alpha value is -1.89. The lowest BCUT2D eigenvalue weighted by molar-refractivity contribution is -0.121. The third-order valence-corrected chi connectivity index (χ3v) is 5.77. The summed E-state index contributed by atoms with van der Waals surface area (Å²) in [4.78, 5) is 14.6. The Morgan fingerprint density at radius 3 is 2.73 bits per heavy atom. The van der Waals surface area contributed by atoms with Crippen LogP contribution >= 0.6 is 35.6 Å². The van der Waals surface area contributed by atoms with Crippen LogP contribution in [-0.4, -0.2) is 26.2 Å². The molecular weight excluding hydrogens is 391 g/mol. The van der Waals surface area contributed by atoms with E-state index >= 15 is 0 Å². The maximum absolute atomic E-state index is 13.5. The molecule has 1 fully saturated rings. The van der Waals surface area contributed by atoms with Crippen LogP contribution in [0, 0.1) is 19.7 Å². The molecule has 3 nitrogen and oxygen atoms in total. The first kappa shape index (κ1) is 18.9. The SMILES string of the molecule is C=CCN1C(=O)/C(=C/c2cc(C)n(-c3ccc(F)c(Cl)c3)c2C)SC1=S. The molecule has 1 aromatic carbocycles. The summed E-state index contributed by atoms with van der Waals surface area (Å²) in [6.07, 6.45) is 3.49. The molecule has 0 spiro atoms. The van der Waals surface area contributed by atoms with E-state index in [9.17, 15) is 9.18 Å². The summed E-state index contributed by atoms with van der Waals surface area (Å²) in [7, 11) is 0. The summed E-state index contributed by atoms with van der Waals surface area (Å²) in [5.74, 6) is -0.571. The molecule has 1 amide bonds. The Labute approximate surface area is 166 Å². The summed E-state index contributed by atoms with van der Waals surface area (Å²) >= 11 is 12.5. The first-order valence-corrected chi connectivity index (χ1v) is 9.44. The molecule has 134 valence electrons. The van der Waals surface area contributed by atoms with Crippen molar-refractivity contribution >= 4 is 51.9 Å². The van der Waals surface area contributed by atoms with Gasteiger partial charge in [0, 0.05) is 23.6 Å². The average molecular weight is 407 g/mol. The number of aryl methyl sites for hydroxylation is 1. The number of amides is 1. The highest BCUT2D eigenvalue weighted by Gasteiger charge is 2.31. The van der Waals surface area contributed by atoms with Crippen molar-refractivity contribution < 1.29 is 9.18 Å². The lowest BCUT2D eigenvalue weighted by Gasteiger charge is -2.11. The Balaban J connectivity index is 2.01. The van der Waals surface area contributed by atoms with E-state index in [4.69, 9.17) is 23.8 Å². The number of benzene rings is 1. The maximum atomic E-state index is 13.5. The number of thiocarbonyl (C=S) groups is 1. The van der Waals surface area contributed by atoms with Crippen LogP contribution in [0.15, 0.2) is 41.8 Å². The minimum Gasteiger partial charge on any atom is -0.318 e.